The molecule has 1 aromatic rings. The second-order valence-corrected chi connectivity index (χ2v) is 4.80. The Morgan fingerprint density at radius 3 is 2.79 bits per heavy atom. The number of hydrogen-bond donors (Lipinski definition) is 1. The highest BCUT2D eigenvalue weighted by Gasteiger charge is 2.24. The second-order valence-electron chi connectivity index (χ2n) is 4.39. The maximum Gasteiger partial charge on any atom is 0.288 e. The topological polar surface area (TPSA) is 84.6 Å². The predicted octanol–water partition coefficient (Wildman–Crippen LogP) is 2.76. The van der Waals surface area contributed by atoms with Crippen molar-refractivity contribution in [1.82, 2.24) is 5.43 Å². The lowest BCUT2D eigenvalue weighted by atomic mass is 10.2. The molecule has 0 spiro atoms. The van der Waals surface area contributed by atoms with Gasteiger partial charge in [0.05, 0.1) is 4.92 Å². The van der Waals surface area contributed by atoms with E-state index in [1.165, 1.54) is 12.1 Å². The first-order valence-electron chi connectivity index (χ1n) is 5.77. The van der Waals surface area contributed by atoms with Crippen LogP contribution in [0.5, 0.6) is 0 Å². The number of halogens is 1. The number of nitro groups is 1. The molecular weight excluding hydrogens is 270 g/mol. The first-order chi connectivity index (χ1) is 8.99. The van der Waals surface area contributed by atoms with Crippen molar-refractivity contribution in [1.29, 1.82) is 0 Å². The van der Waals surface area contributed by atoms with Crippen molar-refractivity contribution in [2.75, 3.05) is 0 Å². The van der Waals surface area contributed by atoms with Gasteiger partial charge in [0.15, 0.2) is 0 Å². The Balaban J connectivity index is 2.12. The number of carbonyl (C=O) groups excluding carboxylic acids is 1. The van der Waals surface area contributed by atoms with E-state index >= 15 is 0 Å². The molecule has 1 saturated carbocycles. The molecule has 19 heavy (non-hydrogen) atoms. The molecule has 2 rings (SSSR count). The number of nitro benzene ring substituents is 1. The minimum absolute atomic E-state index is 0.000729. The van der Waals surface area contributed by atoms with Gasteiger partial charge in [-0.2, -0.15) is 5.10 Å². The van der Waals surface area contributed by atoms with Crippen LogP contribution in [-0.4, -0.2) is 16.5 Å². The number of nitrogens with zero attached hydrogens (tertiary/aromatic N) is 2. The van der Waals surface area contributed by atoms with Gasteiger partial charge < -0.3 is 0 Å². The van der Waals surface area contributed by atoms with Crippen molar-refractivity contribution in [2.45, 2.75) is 19.8 Å². The lowest BCUT2D eigenvalue weighted by Gasteiger charge is -2.02. The zero-order valence-corrected chi connectivity index (χ0v) is 11.0. The summed E-state index contributed by atoms with van der Waals surface area (Å²) in [7, 11) is 0. The molecule has 7 heteroatoms. The first-order valence-corrected chi connectivity index (χ1v) is 6.15. The zero-order chi connectivity index (χ0) is 14.0. The van der Waals surface area contributed by atoms with Gasteiger partial charge in [0.1, 0.15) is 5.02 Å². The van der Waals surface area contributed by atoms with E-state index in [-0.39, 0.29) is 16.3 Å². The minimum atomic E-state index is -0.627. The largest absolute Gasteiger partial charge is 0.288 e. The van der Waals surface area contributed by atoms with E-state index in [0.717, 1.165) is 24.6 Å². The highest BCUT2D eigenvalue weighted by atomic mass is 35.5. The molecule has 0 bridgehead atoms. The van der Waals surface area contributed by atoms with E-state index in [4.69, 9.17) is 11.6 Å². The summed E-state index contributed by atoms with van der Waals surface area (Å²) in [6, 6.07) is 3.89. The van der Waals surface area contributed by atoms with Gasteiger partial charge in [0.2, 0.25) is 0 Å². The van der Waals surface area contributed by atoms with Crippen molar-refractivity contribution >= 4 is 28.9 Å². The number of hydrazone groups is 1. The highest BCUT2D eigenvalue weighted by molar-refractivity contribution is 6.32. The van der Waals surface area contributed by atoms with Gasteiger partial charge in [-0.05, 0) is 37.8 Å². The Kier molecular flexibility index (Phi) is 3.80. The Bertz CT molecular complexity index is 567. The van der Waals surface area contributed by atoms with E-state index in [2.05, 4.69) is 10.5 Å². The molecule has 1 aliphatic carbocycles. The fraction of sp³-hybridized carbons (Fsp3) is 0.333. The lowest BCUT2D eigenvalue weighted by Crippen LogP contribution is -2.19. The maximum atomic E-state index is 11.8. The SMILES string of the molecule is C/C(=N\NC(=O)c1ccc(Cl)c([N+](=O)[O-])c1)C1CC1. The molecule has 1 aliphatic rings. The van der Waals surface area contributed by atoms with Crippen molar-refractivity contribution in [3.05, 3.63) is 38.9 Å². The van der Waals surface area contributed by atoms with Gasteiger partial charge >= 0.3 is 0 Å². The third kappa shape index (κ3) is 3.29. The molecule has 0 radical (unpaired) electrons. The molecule has 0 atom stereocenters. The third-order valence-corrected chi connectivity index (χ3v) is 3.23. The lowest BCUT2D eigenvalue weighted by molar-refractivity contribution is -0.384. The summed E-state index contributed by atoms with van der Waals surface area (Å²) in [6.07, 6.45) is 2.19. The third-order valence-electron chi connectivity index (χ3n) is 2.91. The number of hydrogen-bond acceptors (Lipinski definition) is 4. The highest BCUT2D eigenvalue weighted by Crippen LogP contribution is 2.30. The molecule has 1 N–H and O–H groups in total. The van der Waals surface area contributed by atoms with Crippen LogP contribution in [0.3, 0.4) is 0 Å². The fourth-order valence-electron chi connectivity index (χ4n) is 1.59. The smallest absolute Gasteiger partial charge is 0.267 e. The van der Waals surface area contributed by atoms with Crippen LogP contribution >= 0.6 is 11.6 Å². The van der Waals surface area contributed by atoms with Crippen LogP contribution in [0.15, 0.2) is 23.3 Å². The second kappa shape index (κ2) is 5.36. The molecule has 1 aromatic carbocycles. The number of amides is 1. The summed E-state index contributed by atoms with van der Waals surface area (Å²) in [6.45, 7) is 1.85. The summed E-state index contributed by atoms with van der Waals surface area (Å²) in [5, 5.41) is 14.7. The van der Waals surface area contributed by atoms with Gasteiger partial charge in [-0.3, -0.25) is 14.9 Å². The zero-order valence-electron chi connectivity index (χ0n) is 10.2. The molecule has 100 valence electrons. The Labute approximate surface area is 114 Å². The van der Waals surface area contributed by atoms with Crippen LogP contribution < -0.4 is 5.43 Å². The normalized spacial score (nSPS) is 15.2. The molecule has 0 heterocycles. The van der Waals surface area contributed by atoms with E-state index in [1.807, 2.05) is 6.92 Å². The van der Waals surface area contributed by atoms with Crippen molar-refractivity contribution in [3.63, 3.8) is 0 Å². The minimum Gasteiger partial charge on any atom is -0.267 e. The van der Waals surface area contributed by atoms with Gasteiger partial charge in [0.25, 0.3) is 11.6 Å². The number of nitrogens with one attached hydrogen (secondary N) is 1. The molecule has 0 saturated heterocycles. The Morgan fingerprint density at radius 2 is 2.21 bits per heavy atom. The van der Waals surface area contributed by atoms with E-state index in [1.54, 1.807) is 0 Å². The average Bonchev–Trinajstić information content (AvgIpc) is 3.20. The Hall–Kier alpha value is -1.95. The van der Waals surface area contributed by atoms with Gasteiger partial charge in [0, 0.05) is 17.3 Å². The van der Waals surface area contributed by atoms with Crippen LogP contribution in [0.2, 0.25) is 5.02 Å². The maximum absolute atomic E-state index is 11.8. The van der Waals surface area contributed by atoms with Crippen LogP contribution in [0.4, 0.5) is 5.69 Å². The molecule has 1 fully saturated rings. The number of benzene rings is 1. The number of rotatable bonds is 4. The van der Waals surface area contributed by atoms with E-state index in [9.17, 15) is 14.9 Å². The summed E-state index contributed by atoms with van der Waals surface area (Å²) in [4.78, 5) is 21.9. The van der Waals surface area contributed by atoms with Gasteiger partial charge in [-0.15, -0.1) is 0 Å². The summed E-state index contributed by atoms with van der Waals surface area (Å²) in [5.74, 6) is -0.0281. The van der Waals surface area contributed by atoms with Crippen molar-refractivity contribution in [3.8, 4) is 0 Å². The summed E-state index contributed by atoms with van der Waals surface area (Å²) >= 11 is 5.67. The van der Waals surface area contributed by atoms with Crippen molar-refractivity contribution in [2.24, 2.45) is 11.0 Å². The average molecular weight is 282 g/mol. The first kappa shape index (κ1) is 13.5. The summed E-state index contributed by atoms with van der Waals surface area (Å²) in [5.41, 5.74) is 3.12. The Morgan fingerprint density at radius 1 is 1.53 bits per heavy atom. The molecule has 0 aromatic heterocycles. The van der Waals surface area contributed by atoms with Crippen LogP contribution in [0.1, 0.15) is 30.1 Å². The van der Waals surface area contributed by atoms with E-state index < -0.39 is 10.8 Å². The number of carbonyl (C=O) groups is 1. The molecule has 0 aliphatic heterocycles. The van der Waals surface area contributed by atoms with Gasteiger partial charge in [-0.1, -0.05) is 11.6 Å². The molecule has 1 amide bonds. The summed E-state index contributed by atoms with van der Waals surface area (Å²) < 4.78 is 0. The molecule has 0 unspecified atom stereocenters. The molecular formula is C12H12ClN3O3. The van der Waals surface area contributed by atoms with Crippen LogP contribution in [0, 0.1) is 16.0 Å². The van der Waals surface area contributed by atoms with Crippen LogP contribution in [0.25, 0.3) is 0 Å². The molecule has 6 nitrogen and oxygen atoms in total. The van der Waals surface area contributed by atoms with E-state index in [0.29, 0.717) is 5.92 Å². The van der Waals surface area contributed by atoms with Gasteiger partial charge in [-0.25, -0.2) is 5.43 Å². The monoisotopic (exact) mass is 281 g/mol. The quantitative estimate of drug-likeness (QED) is 0.523. The van der Waals surface area contributed by atoms with Crippen molar-refractivity contribution < 1.29 is 9.72 Å². The predicted molar refractivity (Wildman–Crippen MR) is 71.4 cm³/mol. The fourth-order valence-corrected chi connectivity index (χ4v) is 1.78. The standard InChI is InChI=1S/C12H12ClN3O3/c1-7(8-2-3-8)14-15-12(17)9-4-5-10(13)11(6-9)16(18)19/h4-6,8H,2-3H2,1H3,(H,15,17)/b14-7+. The van der Waals surface area contributed by atoms with Crippen LogP contribution in [-0.2, 0) is 0 Å².